The summed E-state index contributed by atoms with van der Waals surface area (Å²) < 4.78 is 27.1. The lowest BCUT2D eigenvalue weighted by Crippen LogP contribution is -2.24. The van der Waals surface area contributed by atoms with Gasteiger partial charge >= 0.3 is 5.97 Å². The van der Waals surface area contributed by atoms with Crippen LogP contribution in [0.1, 0.15) is 67.9 Å². The van der Waals surface area contributed by atoms with Crippen LogP contribution in [0.5, 0.6) is 0 Å². The molecule has 4 heteroatoms. The molecule has 32 heavy (non-hydrogen) atoms. The molecule has 2 aromatic rings. The minimum atomic E-state index is -2.14. The lowest BCUT2D eigenvalue weighted by Gasteiger charge is -2.26. The van der Waals surface area contributed by atoms with Crippen LogP contribution in [0.25, 0.3) is 0 Å². The van der Waals surface area contributed by atoms with Gasteiger partial charge in [-0.15, -0.1) is 6.42 Å². The Kier molecular flexibility index (Phi) is 5.67. The van der Waals surface area contributed by atoms with Crippen molar-refractivity contribution in [3.8, 4) is 12.3 Å². The van der Waals surface area contributed by atoms with Crippen LogP contribution in [0.3, 0.4) is 0 Å². The summed E-state index contributed by atoms with van der Waals surface area (Å²) >= 11 is 0. The third-order valence-electron chi connectivity index (χ3n) is 7.86. The van der Waals surface area contributed by atoms with Crippen LogP contribution >= 0.6 is 0 Å². The van der Waals surface area contributed by atoms with Gasteiger partial charge in [-0.3, -0.25) is 4.79 Å². The first-order chi connectivity index (χ1) is 15.2. The Balaban J connectivity index is 1.58. The number of rotatable bonds is 6. The Labute approximate surface area is 190 Å². The number of carbonyl (C=O) groups excluding carboxylic acids is 1. The number of aryl methyl sites for hydroxylation is 1. The van der Waals surface area contributed by atoms with Gasteiger partial charge in [-0.1, -0.05) is 80.6 Å². The first-order valence-electron chi connectivity index (χ1n) is 11.3. The highest BCUT2D eigenvalue weighted by atomic mass is 19.2. The summed E-state index contributed by atoms with van der Waals surface area (Å²) in [7, 11) is 1.33. The molecular weight excluding hydrogens is 403 g/mol. The maximum Gasteiger partial charge on any atom is 0.311 e. The zero-order valence-electron chi connectivity index (χ0n) is 19.3. The zero-order valence-corrected chi connectivity index (χ0v) is 19.3. The monoisotopic (exact) mass is 434 g/mol. The Hall–Kier alpha value is -2.64. The lowest BCUT2D eigenvalue weighted by atomic mass is 9.94. The molecule has 2 saturated carbocycles. The van der Waals surface area contributed by atoms with Crippen LogP contribution in [-0.2, 0) is 20.1 Å². The fourth-order valence-corrected chi connectivity index (χ4v) is 5.86. The first-order valence-corrected chi connectivity index (χ1v) is 11.3. The molecule has 0 saturated heterocycles. The van der Waals surface area contributed by atoms with Crippen molar-refractivity contribution in [1.82, 2.24) is 0 Å². The van der Waals surface area contributed by atoms with E-state index in [-0.39, 0.29) is 22.7 Å². The van der Waals surface area contributed by atoms with E-state index >= 15 is 4.39 Å². The summed E-state index contributed by atoms with van der Waals surface area (Å²) in [5.41, 5.74) is 2.25. The van der Waals surface area contributed by atoms with E-state index in [1.165, 1.54) is 7.11 Å². The Morgan fingerprint density at radius 2 is 1.81 bits per heavy atom. The van der Waals surface area contributed by atoms with Gasteiger partial charge in [0.15, 0.2) is 6.10 Å². The molecule has 0 N–H and O–H groups in total. The number of esters is 1. The average Bonchev–Trinajstić information content (AvgIpc) is 3.09. The summed E-state index contributed by atoms with van der Waals surface area (Å²) in [5, 5.41) is 0. The first kappa shape index (κ1) is 22.6. The maximum absolute atomic E-state index is 16.0. The SMILES string of the molecule is C#CC(OC(=O)C1C(C)(C)C12CCCC2)c1cccc(C(F)(OC)c2ccc(C)cc2)c1. The number of hydrogen-bond donors (Lipinski definition) is 0. The smallest absolute Gasteiger partial charge is 0.311 e. The molecule has 0 heterocycles. The summed E-state index contributed by atoms with van der Waals surface area (Å²) in [5.74, 6) is 0.0523. The predicted octanol–water partition coefficient (Wildman–Crippen LogP) is 6.25. The maximum atomic E-state index is 16.0. The summed E-state index contributed by atoms with van der Waals surface area (Å²) in [6, 6.07) is 13.9. The molecule has 2 aliphatic carbocycles. The van der Waals surface area contributed by atoms with Crippen molar-refractivity contribution >= 4 is 5.97 Å². The molecule has 2 aliphatic rings. The van der Waals surface area contributed by atoms with Crippen LogP contribution in [0.2, 0.25) is 0 Å². The average molecular weight is 435 g/mol. The molecule has 1 spiro atoms. The standard InChI is InChI=1S/C28H31FO3/c1-6-23(32-25(30)24-26(3,4)27(24)16-7-8-17-27)20-10-9-11-22(18-20)28(29,31-5)21-14-12-19(2)13-15-21/h1,9-15,18,23-24H,7-8,16-17H2,2-5H3. The van der Waals surface area contributed by atoms with E-state index < -0.39 is 12.0 Å². The lowest BCUT2D eigenvalue weighted by molar-refractivity contribution is -0.150. The van der Waals surface area contributed by atoms with E-state index in [9.17, 15) is 4.79 Å². The van der Waals surface area contributed by atoms with Gasteiger partial charge in [0.05, 0.1) is 5.92 Å². The van der Waals surface area contributed by atoms with Crippen molar-refractivity contribution in [3.63, 3.8) is 0 Å². The second kappa shape index (κ2) is 8.05. The molecule has 4 rings (SSSR count). The van der Waals surface area contributed by atoms with Crippen LogP contribution < -0.4 is 0 Å². The van der Waals surface area contributed by atoms with E-state index in [0.29, 0.717) is 16.7 Å². The third-order valence-corrected chi connectivity index (χ3v) is 7.86. The van der Waals surface area contributed by atoms with E-state index in [0.717, 1.165) is 31.2 Å². The number of methoxy groups -OCH3 is 1. The van der Waals surface area contributed by atoms with Crippen molar-refractivity contribution < 1.29 is 18.7 Å². The quantitative estimate of drug-likeness (QED) is 0.398. The van der Waals surface area contributed by atoms with Crippen LogP contribution in [0.4, 0.5) is 4.39 Å². The molecular formula is C28H31FO3. The zero-order chi connectivity index (χ0) is 23.1. The van der Waals surface area contributed by atoms with E-state index in [2.05, 4.69) is 19.8 Å². The van der Waals surface area contributed by atoms with Gasteiger partial charge in [-0.2, -0.15) is 0 Å². The number of carbonyl (C=O) groups is 1. The van der Waals surface area contributed by atoms with E-state index in [4.69, 9.17) is 15.9 Å². The molecule has 0 amide bonds. The Morgan fingerprint density at radius 1 is 1.16 bits per heavy atom. The fraction of sp³-hybridized carbons (Fsp3) is 0.464. The van der Waals surface area contributed by atoms with Crippen molar-refractivity contribution in [1.29, 1.82) is 0 Å². The van der Waals surface area contributed by atoms with Gasteiger partial charge in [0, 0.05) is 23.8 Å². The third kappa shape index (κ3) is 3.44. The largest absolute Gasteiger partial charge is 0.444 e. The van der Waals surface area contributed by atoms with Gasteiger partial charge < -0.3 is 9.47 Å². The molecule has 3 atom stereocenters. The highest BCUT2D eigenvalue weighted by molar-refractivity contribution is 5.79. The predicted molar refractivity (Wildman–Crippen MR) is 122 cm³/mol. The van der Waals surface area contributed by atoms with Crippen molar-refractivity contribution in [2.75, 3.05) is 7.11 Å². The molecule has 0 aromatic heterocycles. The number of alkyl halides is 1. The number of halogens is 1. The second-order valence-electron chi connectivity index (χ2n) is 9.79. The molecule has 3 nitrogen and oxygen atoms in total. The van der Waals surface area contributed by atoms with Crippen LogP contribution in [-0.4, -0.2) is 13.1 Å². The minimum absolute atomic E-state index is 0.0423. The molecule has 0 bridgehead atoms. The van der Waals surface area contributed by atoms with Crippen LogP contribution in [0, 0.1) is 36.0 Å². The Morgan fingerprint density at radius 3 is 2.41 bits per heavy atom. The van der Waals surface area contributed by atoms with Gasteiger partial charge in [-0.25, -0.2) is 4.39 Å². The fourth-order valence-electron chi connectivity index (χ4n) is 5.86. The minimum Gasteiger partial charge on any atom is -0.444 e. The molecule has 0 aliphatic heterocycles. The highest BCUT2D eigenvalue weighted by Gasteiger charge is 2.74. The number of terminal acetylenes is 1. The number of ether oxygens (including phenoxy) is 2. The highest BCUT2D eigenvalue weighted by Crippen LogP contribution is 2.76. The van der Waals surface area contributed by atoms with Gasteiger partial charge in [0.1, 0.15) is 0 Å². The van der Waals surface area contributed by atoms with E-state index in [1.807, 2.05) is 19.1 Å². The molecule has 2 aromatic carbocycles. The Bertz CT molecular complexity index is 1040. The van der Waals surface area contributed by atoms with Crippen molar-refractivity contribution in [3.05, 3.63) is 70.8 Å². The number of hydrogen-bond acceptors (Lipinski definition) is 3. The van der Waals surface area contributed by atoms with Crippen molar-refractivity contribution in [2.24, 2.45) is 16.7 Å². The molecule has 2 fully saturated rings. The van der Waals surface area contributed by atoms with Gasteiger partial charge in [-0.05, 0) is 36.7 Å². The molecule has 168 valence electrons. The van der Waals surface area contributed by atoms with Crippen LogP contribution in [0.15, 0.2) is 48.5 Å². The molecule has 0 radical (unpaired) electrons. The molecule has 3 unspecified atom stereocenters. The summed E-state index contributed by atoms with van der Waals surface area (Å²) in [6.45, 7) is 6.24. The van der Waals surface area contributed by atoms with Gasteiger partial charge in [0.25, 0.3) is 5.85 Å². The van der Waals surface area contributed by atoms with Crippen molar-refractivity contribution in [2.45, 2.75) is 58.4 Å². The number of benzene rings is 2. The second-order valence-corrected chi connectivity index (χ2v) is 9.79. The van der Waals surface area contributed by atoms with Gasteiger partial charge in [0.2, 0.25) is 0 Å². The topological polar surface area (TPSA) is 35.5 Å². The van der Waals surface area contributed by atoms with E-state index in [1.54, 1.807) is 36.4 Å². The summed E-state index contributed by atoms with van der Waals surface area (Å²) in [4.78, 5) is 13.1. The normalized spacial score (nSPS) is 23.2. The summed E-state index contributed by atoms with van der Waals surface area (Å²) in [6.07, 6.45) is 9.31.